The zero-order valence-electron chi connectivity index (χ0n) is 15.7. The molecule has 0 aromatic heterocycles. The summed E-state index contributed by atoms with van der Waals surface area (Å²) in [5, 5.41) is 5.36. The lowest BCUT2D eigenvalue weighted by Crippen LogP contribution is -2.52. The molecule has 1 heterocycles. The summed E-state index contributed by atoms with van der Waals surface area (Å²) >= 11 is 0. The first-order chi connectivity index (χ1) is 13.5. The quantitative estimate of drug-likeness (QED) is 0.827. The van der Waals surface area contributed by atoms with Crippen molar-refractivity contribution in [2.75, 3.05) is 50.1 Å². The van der Waals surface area contributed by atoms with Gasteiger partial charge in [0, 0.05) is 43.6 Å². The number of benzene rings is 2. The molecule has 8 heteroatoms. The Hall–Kier alpha value is -3.29. The molecule has 0 spiro atoms. The second kappa shape index (κ2) is 9.07. The lowest BCUT2D eigenvalue weighted by Gasteiger charge is -2.36. The molecule has 2 N–H and O–H groups in total. The number of carbonyl (C=O) groups is 2. The maximum atomic E-state index is 13.0. The highest BCUT2D eigenvalue weighted by molar-refractivity contribution is 5.94. The maximum absolute atomic E-state index is 13.0. The smallest absolute Gasteiger partial charge is 0.317 e. The molecule has 0 unspecified atom stereocenters. The molecule has 1 aliphatic rings. The van der Waals surface area contributed by atoms with Crippen LogP contribution in [0, 0.1) is 5.82 Å². The van der Waals surface area contributed by atoms with Crippen LogP contribution >= 0.6 is 0 Å². The largest absolute Gasteiger partial charge is 0.497 e. The van der Waals surface area contributed by atoms with E-state index in [0.717, 1.165) is 5.69 Å². The minimum Gasteiger partial charge on any atom is -0.497 e. The van der Waals surface area contributed by atoms with Crippen molar-refractivity contribution in [1.29, 1.82) is 0 Å². The van der Waals surface area contributed by atoms with Crippen LogP contribution < -0.4 is 20.3 Å². The first-order valence-corrected chi connectivity index (χ1v) is 9.02. The minimum absolute atomic E-state index is 0.117. The third-order valence-corrected chi connectivity index (χ3v) is 4.51. The van der Waals surface area contributed by atoms with Gasteiger partial charge in [-0.3, -0.25) is 4.79 Å². The Kier molecular flexibility index (Phi) is 6.31. The summed E-state index contributed by atoms with van der Waals surface area (Å²) in [6.07, 6.45) is 0. The van der Waals surface area contributed by atoms with Gasteiger partial charge in [-0.25, -0.2) is 9.18 Å². The van der Waals surface area contributed by atoms with Crippen LogP contribution in [-0.4, -0.2) is 56.7 Å². The number of methoxy groups -OCH3 is 1. The van der Waals surface area contributed by atoms with E-state index in [2.05, 4.69) is 15.5 Å². The van der Waals surface area contributed by atoms with E-state index in [1.165, 1.54) is 12.1 Å². The van der Waals surface area contributed by atoms with Gasteiger partial charge in [-0.15, -0.1) is 0 Å². The topological polar surface area (TPSA) is 73.9 Å². The molecule has 7 nitrogen and oxygen atoms in total. The molecule has 0 saturated carbocycles. The number of hydrogen-bond donors (Lipinski definition) is 2. The number of hydrogen-bond acceptors (Lipinski definition) is 4. The number of anilines is 2. The third kappa shape index (κ3) is 5.12. The lowest BCUT2D eigenvalue weighted by atomic mass is 10.2. The molecule has 28 heavy (non-hydrogen) atoms. The highest BCUT2D eigenvalue weighted by atomic mass is 19.1. The fourth-order valence-corrected chi connectivity index (χ4v) is 2.99. The molecule has 148 valence electrons. The molecule has 3 rings (SSSR count). The van der Waals surface area contributed by atoms with Gasteiger partial charge in [0.15, 0.2) is 0 Å². The summed E-state index contributed by atoms with van der Waals surface area (Å²) in [5.74, 6) is 0.0569. The van der Waals surface area contributed by atoms with Crippen molar-refractivity contribution in [3.8, 4) is 5.75 Å². The maximum Gasteiger partial charge on any atom is 0.317 e. The Labute approximate surface area is 163 Å². The molecule has 1 aliphatic heterocycles. The molecular weight excluding hydrogens is 363 g/mol. The zero-order valence-corrected chi connectivity index (χ0v) is 15.7. The molecule has 1 fully saturated rings. The predicted molar refractivity (Wildman–Crippen MR) is 105 cm³/mol. The Morgan fingerprint density at radius 2 is 1.79 bits per heavy atom. The molecule has 2 aromatic carbocycles. The first kappa shape index (κ1) is 19.5. The van der Waals surface area contributed by atoms with Crippen molar-refractivity contribution in [1.82, 2.24) is 10.2 Å². The van der Waals surface area contributed by atoms with Crippen LogP contribution in [-0.2, 0) is 4.79 Å². The number of halogens is 1. The Morgan fingerprint density at radius 1 is 1.07 bits per heavy atom. The van der Waals surface area contributed by atoms with Crippen molar-refractivity contribution in [3.63, 3.8) is 0 Å². The average Bonchev–Trinajstić information content (AvgIpc) is 2.73. The van der Waals surface area contributed by atoms with E-state index in [-0.39, 0.29) is 24.3 Å². The molecular formula is C20H23FN4O3. The number of rotatable bonds is 5. The van der Waals surface area contributed by atoms with Gasteiger partial charge in [0.25, 0.3) is 0 Å². The number of urea groups is 1. The fourth-order valence-electron chi connectivity index (χ4n) is 2.99. The van der Waals surface area contributed by atoms with Crippen molar-refractivity contribution < 1.29 is 18.7 Å². The van der Waals surface area contributed by atoms with Crippen LogP contribution in [0.15, 0.2) is 48.5 Å². The van der Waals surface area contributed by atoms with Gasteiger partial charge in [0.1, 0.15) is 11.6 Å². The van der Waals surface area contributed by atoms with Crippen LogP contribution in [0.2, 0.25) is 0 Å². The Bertz CT molecular complexity index is 820. The highest BCUT2D eigenvalue weighted by Crippen LogP contribution is 2.17. The van der Waals surface area contributed by atoms with E-state index in [4.69, 9.17) is 4.74 Å². The van der Waals surface area contributed by atoms with Crippen LogP contribution in [0.1, 0.15) is 0 Å². The van der Waals surface area contributed by atoms with Gasteiger partial charge in [-0.05, 0) is 36.4 Å². The third-order valence-electron chi connectivity index (χ3n) is 4.51. The van der Waals surface area contributed by atoms with Crippen LogP contribution in [0.3, 0.4) is 0 Å². The van der Waals surface area contributed by atoms with Gasteiger partial charge < -0.3 is 25.2 Å². The molecule has 0 radical (unpaired) electrons. The SMILES string of the molecule is COc1cccc(NC(=O)CNC(=O)N2CCN(c3ccc(F)cc3)CC2)c1. The normalized spacial score (nSPS) is 13.8. The number of nitrogens with one attached hydrogen (secondary N) is 2. The lowest BCUT2D eigenvalue weighted by molar-refractivity contribution is -0.115. The first-order valence-electron chi connectivity index (χ1n) is 9.02. The summed E-state index contributed by atoms with van der Waals surface area (Å²) in [6, 6.07) is 13.0. The molecule has 0 bridgehead atoms. The molecule has 3 amide bonds. The van der Waals surface area contributed by atoms with Gasteiger partial charge in [0.05, 0.1) is 13.7 Å². The molecule has 0 atom stereocenters. The van der Waals surface area contributed by atoms with Crippen molar-refractivity contribution in [2.24, 2.45) is 0 Å². The summed E-state index contributed by atoms with van der Waals surface area (Å²) in [6.45, 7) is 2.24. The van der Waals surface area contributed by atoms with Gasteiger partial charge in [-0.1, -0.05) is 6.07 Å². The van der Waals surface area contributed by atoms with Crippen LogP contribution in [0.25, 0.3) is 0 Å². The van der Waals surface area contributed by atoms with Crippen LogP contribution in [0.5, 0.6) is 5.75 Å². The second-order valence-corrected chi connectivity index (χ2v) is 6.39. The average molecular weight is 386 g/mol. The summed E-state index contributed by atoms with van der Waals surface area (Å²) < 4.78 is 18.1. The standard InChI is InChI=1S/C20H23FN4O3/c1-28-18-4-2-3-16(13-18)23-19(26)14-22-20(27)25-11-9-24(10-12-25)17-7-5-15(21)6-8-17/h2-8,13H,9-12,14H2,1H3,(H,22,27)(H,23,26). The van der Waals surface area contributed by atoms with E-state index >= 15 is 0 Å². The predicted octanol–water partition coefficient (Wildman–Crippen LogP) is 2.30. The summed E-state index contributed by atoms with van der Waals surface area (Å²) in [5.41, 5.74) is 1.53. The van der Waals surface area contributed by atoms with Crippen molar-refractivity contribution in [3.05, 3.63) is 54.3 Å². The number of ether oxygens (including phenoxy) is 1. The molecule has 2 aromatic rings. The van der Waals surface area contributed by atoms with Crippen molar-refractivity contribution in [2.45, 2.75) is 0 Å². The number of amides is 3. The monoisotopic (exact) mass is 386 g/mol. The number of nitrogens with zero attached hydrogens (tertiary/aromatic N) is 2. The summed E-state index contributed by atoms with van der Waals surface area (Å²) in [7, 11) is 1.55. The Balaban J connectivity index is 1.42. The van der Waals surface area contributed by atoms with Crippen LogP contribution in [0.4, 0.5) is 20.6 Å². The van der Waals surface area contributed by atoms with Gasteiger partial charge >= 0.3 is 6.03 Å². The van der Waals surface area contributed by atoms with Gasteiger partial charge in [-0.2, -0.15) is 0 Å². The summed E-state index contributed by atoms with van der Waals surface area (Å²) in [4.78, 5) is 28.1. The van der Waals surface area contributed by atoms with Crippen molar-refractivity contribution >= 4 is 23.3 Å². The minimum atomic E-state index is -0.313. The van der Waals surface area contributed by atoms with E-state index in [1.807, 2.05) is 0 Å². The zero-order chi connectivity index (χ0) is 19.9. The highest BCUT2D eigenvalue weighted by Gasteiger charge is 2.21. The number of carbonyl (C=O) groups excluding carboxylic acids is 2. The Morgan fingerprint density at radius 3 is 2.46 bits per heavy atom. The van der Waals surface area contributed by atoms with E-state index in [1.54, 1.807) is 48.4 Å². The van der Waals surface area contributed by atoms with Gasteiger partial charge in [0.2, 0.25) is 5.91 Å². The fraction of sp³-hybridized carbons (Fsp3) is 0.300. The van der Waals surface area contributed by atoms with E-state index < -0.39 is 0 Å². The second-order valence-electron chi connectivity index (χ2n) is 6.39. The molecule has 0 aliphatic carbocycles. The number of piperazine rings is 1. The van der Waals surface area contributed by atoms with E-state index in [0.29, 0.717) is 37.6 Å². The van der Waals surface area contributed by atoms with E-state index in [9.17, 15) is 14.0 Å². The molecule has 1 saturated heterocycles.